The second kappa shape index (κ2) is 5.11. The summed E-state index contributed by atoms with van der Waals surface area (Å²) >= 11 is 0. The predicted octanol–water partition coefficient (Wildman–Crippen LogP) is 0.551. The van der Waals surface area contributed by atoms with E-state index in [4.69, 9.17) is 5.11 Å². The maximum absolute atomic E-state index is 11.2. The van der Waals surface area contributed by atoms with Gasteiger partial charge < -0.3 is 15.3 Å². The molecule has 1 rings (SSSR count). The van der Waals surface area contributed by atoms with E-state index in [1.165, 1.54) is 17.2 Å². The van der Waals surface area contributed by atoms with E-state index < -0.39 is 5.97 Å². The van der Waals surface area contributed by atoms with Gasteiger partial charge in [-0.05, 0) is 17.7 Å². The van der Waals surface area contributed by atoms with Gasteiger partial charge in [0.25, 0.3) is 0 Å². The molecule has 0 saturated heterocycles. The Bertz CT molecular complexity index is 404. The van der Waals surface area contributed by atoms with E-state index in [2.05, 4.69) is 10.3 Å². The van der Waals surface area contributed by atoms with Gasteiger partial charge in [0.1, 0.15) is 5.69 Å². The van der Waals surface area contributed by atoms with Crippen LogP contribution in [0.2, 0.25) is 0 Å². The molecule has 6 heteroatoms. The number of hydrogen-bond donors (Lipinski definition) is 2. The summed E-state index contributed by atoms with van der Waals surface area (Å²) in [4.78, 5) is 26.9. The van der Waals surface area contributed by atoms with Gasteiger partial charge >= 0.3 is 12.0 Å². The maximum atomic E-state index is 11.2. The molecule has 0 bridgehead atoms. The Morgan fingerprint density at radius 3 is 2.75 bits per heavy atom. The van der Waals surface area contributed by atoms with Gasteiger partial charge in [-0.15, -0.1) is 0 Å². The second-order valence-electron chi connectivity index (χ2n) is 3.41. The number of amides is 2. The Morgan fingerprint density at radius 2 is 2.19 bits per heavy atom. The Kier molecular flexibility index (Phi) is 3.82. The monoisotopic (exact) mass is 223 g/mol. The largest absolute Gasteiger partial charge is 0.477 e. The van der Waals surface area contributed by atoms with Crippen molar-refractivity contribution in [2.45, 2.75) is 6.54 Å². The molecule has 0 saturated carbocycles. The van der Waals surface area contributed by atoms with Crippen LogP contribution < -0.4 is 5.32 Å². The van der Waals surface area contributed by atoms with E-state index in [1.807, 2.05) is 0 Å². The standard InChI is InChI=1S/C10H13N3O3/c1-13(2)10(16)12-6-7-3-4-11-8(5-7)9(14)15/h3-5H,6H2,1-2H3,(H,12,16)(H,14,15). The fourth-order valence-electron chi connectivity index (χ4n) is 1.04. The minimum atomic E-state index is -1.08. The van der Waals surface area contributed by atoms with Crippen LogP contribution in [0.15, 0.2) is 18.3 Å². The molecule has 0 aliphatic rings. The van der Waals surface area contributed by atoms with Crippen LogP contribution in [0.5, 0.6) is 0 Å². The lowest BCUT2D eigenvalue weighted by molar-refractivity contribution is 0.0690. The molecular formula is C10H13N3O3. The molecule has 16 heavy (non-hydrogen) atoms. The summed E-state index contributed by atoms with van der Waals surface area (Å²) in [6.07, 6.45) is 1.40. The molecule has 0 aliphatic carbocycles. The maximum Gasteiger partial charge on any atom is 0.354 e. The third-order valence-corrected chi connectivity index (χ3v) is 1.89. The fraction of sp³-hybridized carbons (Fsp3) is 0.300. The van der Waals surface area contributed by atoms with Crippen molar-refractivity contribution >= 4 is 12.0 Å². The lowest BCUT2D eigenvalue weighted by Crippen LogP contribution is -2.33. The summed E-state index contributed by atoms with van der Waals surface area (Å²) in [5.74, 6) is -1.08. The fourth-order valence-corrected chi connectivity index (χ4v) is 1.04. The van der Waals surface area contributed by atoms with Gasteiger partial charge in [-0.2, -0.15) is 0 Å². The topological polar surface area (TPSA) is 82.5 Å². The molecule has 2 amide bonds. The highest BCUT2D eigenvalue weighted by atomic mass is 16.4. The number of carbonyl (C=O) groups is 2. The highest BCUT2D eigenvalue weighted by Crippen LogP contribution is 2.01. The second-order valence-corrected chi connectivity index (χ2v) is 3.41. The number of rotatable bonds is 3. The van der Waals surface area contributed by atoms with Crippen LogP contribution in [0.25, 0.3) is 0 Å². The smallest absolute Gasteiger partial charge is 0.354 e. The van der Waals surface area contributed by atoms with Crippen molar-refractivity contribution in [1.82, 2.24) is 15.2 Å². The van der Waals surface area contributed by atoms with Gasteiger partial charge in [-0.25, -0.2) is 14.6 Å². The summed E-state index contributed by atoms with van der Waals surface area (Å²) in [5, 5.41) is 11.3. The Morgan fingerprint density at radius 1 is 1.50 bits per heavy atom. The summed E-state index contributed by atoms with van der Waals surface area (Å²) in [6.45, 7) is 0.278. The molecule has 0 atom stereocenters. The van der Waals surface area contributed by atoms with Crippen LogP contribution in [0, 0.1) is 0 Å². The van der Waals surface area contributed by atoms with Gasteiger partial charge in [0.05, 0.1) is 0 Å². The van der Waals surface area contributed by atoms with E-state index >= 15 is 0 Å². The molecule has 0 aliphatic heterocycles. The third-order valence-electron chi connectivity index (χ3n) is 1.89. The number of pyridine rings is 1. The molecule has 1 aromatic heterocycles. The van der Waals surface area contributed by atoms with Crippen molar-refractivity contribution in [2.75, 3.05) is 14.1 Å². The first-order valence-electron chi connectivity index (χ1n) is 4.64. The molecule has 0 aromatic carbocycles. The van der Waals surface area contributed by atoms with Gasteiger partial charge in [-0.1, -0.05) is 0 Å². The average molecular weight is 223 g/mol. The van der Waals surface area contributed by atoms with Crippen molar-refractivity contribution in [1.29, 1.82) is 0 Å². The quantitative estimate of drug-likeness (QED) is 0.784. The lowest BCUT2D eigenvalue weighted by Gasteiger charge is -2.11. The van der Waals surface area contributed by atoms with Gasteiger partial charge in [-0.3, -0.25) is 0 Å². The molecule has 2 N–H and O–H groups in total. The van der Waals surface area contributed by atoms with E-state index in [1.54, 1.807) is 20.2 Å². The first-order chi connectivity index (χ1) is 7.50. The lowest BCUT2D eigenvalue weighted by atomic mass is 10.2. The van der Waals surface area contributed by atoms with E-state index in [-0.39, 0.29) is 18.3 Å². The number of nitrogens with zero attached hydrogens (tertiary/aromatic N) is 2. The molecule has 0 fully saturated rings. The molecule has 0 radical (unpaired) electrons. The van der Waals surface area contributed by atoms with Crippen LogP contribution in [-0.2, 0) is 6.54 Å². The van der Waals surface area contributed by atoms with Crippen LogP contribution >= 0.6 is 0 Å². The van der Waals surface area contributed by atoms with Crippen molar-refractivity contribution in [2.24, 2.45) is 0 Å². The summed E-state index contributed by atoms with van der Waals surface area (Å²) in [7, 11) is 3.26. The Hall–Kier alpha value is -2.11. The van der Waals surface area contributed by atoms with Crippen LogP contribution in [0.1, 0.15) is 16.1 Å². The van der Waals surface area contributed by atoms with Crippen molar-refractivity contribution in [3.05, 3.63) is 29.6 Å². The first-order valence-corrected chi connectivity index (χ1v) is 4.64. The van der Waals surface area contributed by atoms with E-state index in [9.17, 15) is 9.59 Å². The number of nitrogens with one attached hydrogen (secondary N) is 1. The Balaban J connectivity index is 2.64. The summed E-state index contributed by atoms with van der Waals surface area (Å²) in [6, 6.07) is 2.86. The summed E-state index contributed by atoms with van der Waals surface area (Å²) < 4.78 is 0. The highest BCUT2D eigenvalue weighted by molar-refractivity contribution is 5.85. The summed E-state index contributed by atoms with van der Waals surface area (Å²) in [5.41, 5.74) is 0.666. The number of aromatic nitrogens is 1. The highest BCUT2D eigenvalue weighted by Gasteiger charge is 2.06. The van der Waals surface area contributed by atoms with Crippen LogP contribution in [-0.4, -0.2) is 41.1 Å². The molecular weight excluding hydrogens is 210 g/mol. The van der Waals surface area contributed by atoms with Crippen LogP contribution in [0.3, 0.4) is 0 Å². The zero-order chi connectivity index (χ0) is 12.1. The van der Waals surface area contributed by atoms with Gasteiger partial charge in [0.15, 0.2) is 0 Å². The van der Waals surface area contributed by atoms with Gasteiger partial charge in [0.2, 0.25) is 0 Å². The number of carboxylic acids is 1. The zero-order valence-corrected chi connectivity index (χ0v) is 9.10. The SMILES string of the molecule is CN(C)C(=O)NCc1ccnc(C(=O)O)c1. The molecule has 1 aromatic rings. The average Bonchev–Trinajstić information content (AvgIpc) is 2.26. The van der Waals surface area contributed by atoms with Crippen molar-refractivity contribution < 1.29 is 14.7 Å². The third kappa shape index (κ3) is 3.23. The molecule has 0 spiro atoms. The minimum absolute atomic E-state index is 0.0309. The molecule has 6 nitrogen and oxygen atoms in total. The number of carboxylic acid groups (broad SMARTS) is 1. The van der Waals surface area contributed by atoms with Crippen LogP contribution in [0.4, 0.5) is 4.79 Å². The number of urea groups is 1. The predicted molar refractivity (Wildman–Crippen MR) is 57.1 cm³/mol. The number of aromatic carboxylic acids is 1. The normalized spacial score (nSPS) is 9.62. The van der Waals surface area contributed by atoms with Gasteiger partial charge in [0, 0.05) is 26.8 Å². The van der Waals surface area contributed by atoms with E-state index in [0.717, 1.165) is 0 Å². The molecule has 1 heterocycles. The Labute approximate surface area is 92.9 Å². The zero-order valence-electron chi connectivity index (χ0n) is 9.10. The minimum Gasteiger partial charge on any atom is -0.477 e. The van der Waals surface area contributed by atoms with Crippen molar-refractivity contribution in [3.63, 3.8) is 0 Å². The molecule has 86 valence electrons. The molecule has 0 unspecified atom stereocenters. The van der Waals surface area contributed by atoms with E-state index in [0.29, 0.717) is 5.56 Å². The number of carbonyl (C=O) groups excluding carboxylic acids is 1. The number of hydrogen-bond acceptors (Lipinski definition) is 3. The first kappa shape index (κ1) is 12.0. The van der Waals surface area contributed by atoms with Crippen molar-refractivity contribution in [3.8, 4) is 0 Å².